The molecule has 19 heavy (non-hydrogen) atoms. The summed E-state index contributed by atoms with van der Waals surface area (Å²) in [5.41, 5.74) is 2.79. The maximum Gasteiger partial charge on any atom is 0.136 e. The third-order valence-electron chi connectivity index (χ3n) is 4.64. The first kappa shape index (κ1) is 11.0. The summed E-state index contributed by atoms with van der Waals surface area (Å²) in [5, 5.41) is 2.60. The molecule has 2 aromatic carbocycles. The van der Waals surface area contributed by atoms with Crippen LogP contribution in [0.1, 0.15) is 24.8 Å². The Bertz CT molecular complexity index is 690. The van der Waals surface area contributed by atoms with Crippen molar-refractivity contribution in [2.75, 3.05) is 0 Å². The summed E-state index contributed by atoms with van der Waals surface area (Å²) in [4.78, 5) is 11.6. The Morgan fingerprint density at radius 3 is 2.58 bits per heavy atom. The fourth-order valence-electron chi connectivity index (χ4n) is 3.65. The molecule has 0 aromatic heterocycles. The van der Waals surface area contributed by atoms with Crippen molar-refractivity contribution in [3.8, 4) is 0 Å². The van der Waals surface area contributed by atoms with Crippen LogP contribution in [0.15, 0.2) is 48.0 Å². The lowest BCUT2D eigenvalue weighted by Gasteiger charge is -2.13. The van der Waals surface area contributed by atoms with Gasteiger partial charge in [0.2, 0.25) is 0 Å². The van der Waals surface area contributed by atoms with Gasteiger partial charge in [0.1, 0.15) is 5.78 Å². The van der Waals surface area contributed by atoms with Crippen LogP contribution in [0, 0.1) is 11.8 Å². The van der Waals surface area contributed by atoms with E-state index in [1.165, 1.54) is 21.9 Å². The standard InChI is InChI=1S/C18H16O/c19-18-11-15-10-16(18)9-14(15)8-13-6-3-5-12-4-1-2-7-17(12)13/h1-8,15-16H,9-11H2/b14-8+. The predicted octanol–water partition coefficient (Wildman–Crippen LogP) is 4.22. The number of allylic oxidation sites excluding steroid dienone is 1. The second kappa shape index (κ2) is 4.06. The maximum atomic E-state index is 11.6. The Kier molecular flexibility index (Phi) is 2.34. The highest BCUT2D eigenvalue weighted by atomic mass is 16.1. The SMILES string of the molecule is O=C1CC2CC1C/C2=C\c1cccc2ccccc12. The van der Waals surface area contributed by atoms with E-state index in [1.807, 2.05) is 0 Å². The number of carbonyl (C=O) groups is 1. The van der Waals surface area contributed by atoms with Crippen molar-refractivity contribution >= 4 is 22.6 Å². The first-order valence-corrected chi connectivity index (χ1v) is 7.02. The fraction of sp³-hybridized carbons (Fsp3) is 0.278. The lowest BCUT2D eigenvalue weighted by molar-refractivity contribution is -0.121. The molecule has 2 saturated carbocycles. The van der Waals surface area contributed by atoms with Crippen LogP contribution in [0.25, 0.3) is 16.8 Å². The lowest BCUT2D eigenvalue weighted by Crippen LogP contribution is -2.10. The minimum absolute atomic E-state index is 0.325. The normalized spacial score (nSPS) is 27.6. The molecule has 0 heterocycles. The Hall–Kier alpha value is -1.89. The number of Topliss-reactive ketones (excluding diaryl/α,β-unsaturated/α-hetero) is 1. The third kappa shape index (κ3) is 1.73. The molecule has 2 fully saturated rings. The molecule has 0 aliphatic heterocycles. The van der Waals surface area contributed by atoms with E-state index in [9.17, 15) is 4.79 Å². The molecule has 2 unspecified atom stereocenters. The minimum Gasteiger partial charge on any atom is -0.299 e. The molecule has 0 N–H and O–H groups in total. The van der Waals surface area contributed by atoms with Gasteiger partial charge < -0.3 is 0 Å². The minimum atomic E-state index is 0.325. The Morgan fingerprint density at radius 1 is 0.947 bits per heavy atom. The van der Waals surface area contributed by atoms with E-state index in [4.69, 9.17) is 0 Å². The molecule has 0 amide bonds. The van der Waals surface area contributed by atoms with Gasteiger partial charge in [-0.05, 0) is 35.1 Å². The van der Waals surface area contributed by atoms with E-state index in [-0.39, 0.29) is 0 Å². The highest BCUT2D eigenvalue weighted by Crippen LogP contribution is 2.46. The Morgan fingerprint density at radius 2 is 1.79 bits per heavy atom. The predicted molar refractivity (Wildman–Crippen MR) is 77.8 cm³/mol. The molecule has 2 aromatic rings. The number of fused-ring (bicyclic) bond motifs is 3. The summed E-state index contributed by atoms with van der Waals surface area (Å²) in [5.74, 6) is 1.34. The molecule has 4 rings (SSSR count). The zero-order valence-corrected chi connectivity index (χ0v) is 10.8. The van der Waals surface area contributed by atoms with Crippen molar-refractivity contribution in [3.63, 3.8) is 0 Å². The molecule has 0 spiro atoms. The number of hydrogen-bond donors (Lipinski definition) is 0. The van der Waals surface area contributed by atoms with Crippen molar-refractivity contribution in [1.82, 2.24) is 0 Å². The summed E-state index contributed by atoms with van der Waals surface area (Å²) < 4.78 is 0. The summed E-state index contributed by atoms with van der Waals surface area (Å²) >= 11 is 0. The lowest BCUT2D eigenvalue weighted by atomic mass is 9.91. The van der Waals surface area contributed by atoms with E-state index >= 15 is 0 Å². The number of rotatable bonds is 1. The Labute approximate surface area is 112 Å². The average molecular weight is 248 g/mol. The number of benzene rings is 2. The van der Waals surface area contributed by atoms with Gasteiger partial charge in [0.05, 0.1) is 0 Å². The molecule has 1 heteroatoms. The molecular formula is C18H16O. The van der Waals surface area contributed by atoms with Gasteiger partial charge in [-0.2, -0.15) is 0 Å². The van der Waals surface area contributed by atoms with Crippen LogP contribution in [-0.2, 0) is 4.79 Å². The van der Waals surface area contributed by atoms with Crippen LogP contribution in [0.2, 0.25) is 0 Å². The van der Waals surface area contributed by atoms with Crippen LogP contribution in [0.5, 0.6) is 0 Å². The first-order chi connectivity index (χ1) is 9.31. The molecule has 94 valence electrons. The van der Waals surface area contributed by atoms with Crippen molar-refractivity contribution < 1.29 is 4.79 Å². The highest BCUT2D eigenvalue weighted by molar-refractivity contribution is 5.92. The van der Waals surface area contributed by atoms with Crippen LogP contribution >= 0.6 is 0 Å². The maximum absolute atomic E-state index is 11.6. The summed E-state index contributed by atoms with van der Waals surface area (Å²) in [7, 11) is 0. The monoisotopic (exact) mass is 248 g/mol. The quantitative estimate of drug-likeness (QED) is 0.738. The molecule has 0 saturated heterocycles. The van der Waals surface area contributed by atoms with Gasteiger partial charge in [-0.1, -0.05) is 54.1 Å². The number of hydrogen-bond acceptors (Lipinski definition) is 1. The van der Waals surface area contributed by atoms with Crippen molar-refractivity contribution in [2.24, 2.45) is 11.8 Å². The second-order valence-electron chi connectivity index (χ2n) is 5.79. The van der Waals surface area contributed by atoms with Gasteiger partial charge in [0.25, 0.3) is 0 Å². The van der Waals surface area contributed by atoms with Gasteiger partial charge in [0, 0.05) is 12.3 Å². The zero-order valence-electron chi connectivity index (χ0n) is 10.8. The van der Waals surface area contributed by atoms with Crippen molar-refractivity contribution in [2.45, 2.75) is 19.3 Å². The first-order valence-electron chi connectivity index (χ1n) is 7.02. The van der Waals surface area contributed by atoms with Gasteiger partial charge in [0.15, 0.2) is 0 Å². The molecule has 0 radical (unpaired) electrons. The Balaban J connectivity index is 1.78. The summed E-state index contributed by atoms with van der Waals surface area (Å²) in [6.45, 7) is 0. The number of ketones is 1. The van der Waals surface area contributed by atoms with E-state index in [0.717, 1.165) is 19.3 Å². The largest absolute Gasteiger partial charge is 0.299 e. The van der Waals surface area contributed by atoms with Gasteiger partial charge in [-0.25, -0.2) is 0 Å². The van der Waals surface area contributed by atoms with Crippen LogP contribution in [0.3, 0.4) is 0 Å². The van der Waals surface area contributed by atoms with Crippen molar-refractivity contribution in [3.05, 3.63) is 53.6 Å². The molecule has 2 atom stereocenters. The van der Waals surface area contributed by atoms with Crippen LogP contribution in [0.4, 0.5) is 0 Å². The molecular weight excluding hydrogens is 232 g/mol. The zero-order chi connectivity index (χ0) is 12.8. The van der Waals surface area contributed by atoms with Gasteiger partial charge >= 0.3 is 0 Å². The molecule has 2 aliphatic rings. The molecule has 2 bridgehead atoms. The van der Waals surface area contributed by atoms with E-state index < -0.39 is 0 Å². The molecule has 2 aliphatic carbocycles. The van der Waals surface area contributed by atoms with E-state index in [0.29, 0.717) is 17.6 Å². The molecule has 1 nitrogen and oxygen atoms in total. The van der Waals surface area contributed by atoms with Crippen molar-refractivity contribution in [1.29, 1.82) is 0 Å². The highest BCUT2D eigenvalue weighted by Gasteiger charge is 2.41. The van der Waals surface area contributed by atoms with E-state index in [2.05, 4.69) is 48.5 Å². The smallest absolute Gasteiger partial charge is 0.136 e. The van der Waals surface area contributed by atoms with Gasteiger partial charge in [-0.15, -0.1) is 0 Å². The van der Waals surface area contributed by atoms with Gasteiger partial charge in [-0.3, -0.25) is 4.79 Å². The van der Waals surface area contributed by atoms with E-state index in [1.54, 1.807) is 0 Å². The second-order valence-corrected chi connectivity index (χ2v) is 5.79. The summed E-state index contributed by atoms with van der Waals surface area (Å²) in [6, 6.07) is 15.0. The third-order valence-corrected chi connectivity index (χ3v) is 4.64. The fourth-order valence-corrected chi connectivity index (χ4v) is 3.65. The number of carbonyl (C=O) groups excluding carboxylic acids is 1. The van der Waals surface area contributed by atoms with Crippen LogP contribution < -0.4 is 0 Å². The van der Waals surface area contributed by atoms with Crippen LogP contribution in [-0.4, -0.2) is 5.78 Å². The average Bonchev–Trinajstić information content (AvgIpc) is 2.98. The topological polar surface area (TPSA) is 17.1 Å². The summed E-state index contributed by atoms with van der Waals surface area (Å²) in [6.07, 6.45) is 5.20.